The molecule has 0 atom stereocenters. The highest BCUT2D eigenvalue weighted by Gasteiger charge is 2.19. The van der Waals surface area contributed by atoms with E-state index in [2.05, 4.69) is 20.7 Å². The highest BCUT2D eigenvalue weighted by atomic mass is 79.9. The van der Waals surface area contributed by atoms with Crippen LogP contribution in [0.5, 0.6) is 0 Å². The van der Waals surface area contributed by atoms with E-state index in [4.69, 9.17) is 5.11 Å². The molecule has 21 heavy (non-hydrogen) atoms. The molecule has 0 aliphatic rings. The molecule has 2 rings (SSSR count). The number of aromatic carboxylic acids is 1. The maximum Gasteiger partial charge on any atom is 0.338 e. The molecule has 0 unspecified atom stereocenters. The van der Waals surface area contributed by atoms with Crippen molar-refractivity contribution in [3.05, 3.63) is 50.4 Å². The molecular weight excluding hydrogens is 385 g/mol. The van der Waals surface area contributed by atoms with Gasteiger partial charge in [-0.25, -0.2) is 22.3 Å². The van der Waals surface area contributed by atoms with Gasteiger partial charge in [0.2, 0.25) is 10.0 Å². The average molecular weight is 394 g/mol. The Hall–Kier alpha value is -1.29. The van der Waals surface area contributed by atoms with Crippen molar-refractivity contribution >= 4 is 43.3 Å². The third-order valence-corrected chi connectivity index (χ3v) is 5.92. The van der Waals surface area contributed by atoms with Gasteiger partial charge in [-0.15, -0.1) is 11.3 Å². The van der Waals surface area contributed by atoms with Crippen LogP contribution in [0.2, 0.25) is 0 Å². The van der Waals surface area contributed by atoms with Crippen LogP contribution in [0.25, 0.3) is 0 Å². The number of nitrogens with one attached hydrogen (secondary N) is 1. The molecule has 1 aromatic carbocycles. The molecule has 0 aliphatic heterocycles. The second-order valence-corrected chi connectivity index (χ2v) is 7.59. The van der Waals surface area contributed by atoms with Gasteiger partial charge in [0.15, 0.2) is 0 Å². The van der Waals surface area contributed by atoms with Crippen molar-refractivity contribution in [1.82, 2.24) is 4.72 Å². The van der Waals surface area contributed by atoms with Crippen molar-refractivity contribution in [3.63, 3.8) is 0 Å². The van der Waals surface area contributed by atoms with Crippen molar-refractivity contribution in [2.75, 3.05) is 0 Å². The van der Waals surface area contributed by atoms with Crippen molar-refractivity contribution in [2.45, 2.75) is 11.4 Å². The second kappa shape index (κ2) is 6.22. The number of hydrogen-bond donors (Lipinski definition) is 2. The molecule has 0 bridgehead atoms. The van der Waals surface area contributed by atoms with E-state index < -0.39 is 27.4 Å². The molecule has 9 heteroatoms. The van der Waals surface area contributed by atoms with Gasteiger partial charge in [0.05, 0.1) is 10.5 Å². The number of rotatable bonds is 5. The van der Waals surface area contributed by atoms with E-state index in [-0.39, 0.29) is 11.4 Å². The fourth-order valence-electron chi connectivity index (χ4n) is 1.53. The SMILES string of the molecule is O=C(O)c1cc(S(=O)(=O)NCc2sccc2Br)ccc1F. The molecule has 0 amide bonds. The summed E-state index contributed by atoms with van der Waals surface area (Å²) in [5, 5.41) is 10.6. The van der Waals surface area contributed by atoms with E-state index >= 15 is 0 Å². The van der Waals surface area contributed by atoms with Gasteiger partial charge >= 0.3 is 5.97 Å². The molecule has 1 heterocycles. The number of carbonyl (C=O) groups is 1. The summed E-state index contributed by atoms with van der Waals surface area (Å²) in [5.74, 6) is -2.51. The Bertz CT molecular complexity index is 788. The summed E-state index contributed by atoms with van der Waals surface area (Å²) in [5.41, 5.74) is -0.685. The summed E-state index contributed by atoms with van der Waals surface area (Å²) in [6.45, 7) is 0.0559. The minimum absolute atomic E-state index is 0.0559. The van der Waals surface area contributed by atoms with Crippen LogP contribution in [0.15, 0.2) is 39.0 Å². The maximum absolute atomic E-state index is 13.3. The lowest BCUT2D eigenvalue weighted by atomic mass is 10.2. The van der Waals surface area contributed by atoms with Crippen LogP contribution in [0.3, 0.4) is 0 Å². The predicted octanol–water partition coefficient (Wildman–Crippen LogP) is 2.83. The first-order valence-corrected chi connectivity index (χ1v) is 8.71. The van der Waals surface area contributed by atoms with Gasteiger partial charge in [-0.05, 0) is 45.6 Å². The van der Waals surface area contributed by atoms with E-state index in [1.54, 1.807) is 11.4 Å². The fourth-order valence-corrected chi connectivity index (χ4v) is 4.08. The zero-order valence-electron chi connectivity index (χ0n) is 10.3. The third-order valence-electron chi connectivity index (χ3n) is 2.59. The molecule has 112 valence electrons. The van der Waals surface area contributed by atoms with Gasteiger partial charge < -0.3 is 5.11 Å². The first-order valence-electron chi connectivity index (χ1n) is 5.55. The van der Waals surface area contributed by atoms with Crippen molar-refractivity contribution < 1.29 is 22.7 Å². The van der Waals surface area contributed by atoms with Crippen LogP contribution in [-0.2, 0) is 16.6 Å². The van der Waals surface area contributed by atoms with Crippen LogP contribution in [0, 0.1) is 5.82 Å². The van der Waals surface area contributed by atoms with Gasteiger partial charge in [0.1, 0.15) is 5.82 Å². The summed E-state index contributed by atoms with van der Waals surface area (Å²) in [6, 6.07) is 4.42. The predicted molar refractivity (Wildman–Crippen MR) is 79.4 cm³/mol. The minimum atomic E-state index is -3.92. The van der Waals surface area contributed by atoms with E-state index in [0.717, 1.165) is 27.5 Å². The molecule has 0 spiro atoms. The third kappa shape index (κ3) is 3.67. The van der Waals surface area contributed by atoms with Crippen LogP contribution >= 0.6 is 27.3 Å². The molecule has 0 saturated heterocycles. The molecule has 2 N–H and O–H groups in total. The standard InChI is InChI=1S/C12H9BrFNO4S2/c13-9-3-4-20-11(9)6-15-21(18,19)7-1-2-10(14)8(5-7)12(16)17/h1-5,15H,6H2,(H,16,17). The molecule has 0 saturated carbocycles. The van der Waals surface area contributed by atoms with Gasteiger partial charge in [-0.2, -0.15) is 0 Å². The lowest BCUT2D eigenvalue weighted by Crippen LogP contribution is -2.23. The molecule has 1 aromatic heterocycles. The Morgan fingerprint density at radius 3 is 2.67 bits per heavy atom. The Kier molecular flexibility index (Phi) is 4.77. The van der Waals surface area contributed by atoms with Crippen molar-refractivity contribution in [1.29, 1.82) is 0 Å². The smallest absolute Gasteiger partial charge is 0.338 e. The largest absolute Gasteiger partial charge is 0.478 e. The molecule has 0 radical (unpaired) electrons. The van der Waals surface area contributed by atoms with Crippen LogP contribution < -0.4 is 4.72 Å². The molecule has 5 nitrogen and oxygen atoms in total. The number of hydrogen-bond acceptors (Lipinski definition) is 4. The zero-order valence-corrected chi connectivity index (χ0v) is 13.6. The minimum Gasteiger partial charge on any atom is -0.478 e. The number of benzene rings is 1. The first kappa shape index (κ1) is 16.1. The second-order valence-electron chi connectivity index (χ2n) is 3.96. The average Bonchev–Trinajstić information content (AvgIpc) is 2.82. The van der Waals surface area contributed by atoms with E-state index in [1.165, 1.54) is 11.3 Å². The Labute approximate surface area is 132 Å². The van der Waals surface area contributed by atoms with Gasteiger partial charge in [-0.3, -0.25) is 0 Å². The van der Waals surface area contributed by atoms with E-state index in [9.17, 15) is 17.6 Å². The van der Waals surface area contributed by atoms with Gasteiger partial charge in [0, 0.05) is 15.9 Å². The molecule has 2 aromatic rings. The highest BCUT2D eigenvalue weighted by Crippen LogP contribution is 2.23. The van der Waals surface area contributed by atoms with Crippen LogP contribution in [0.1, 0.15) is 15.2 Å². The lowest BCUT2D eigenvalue weighted by Gasteiger charge is -2.07. The zero-order chi connectivity index (χ0) is 15.6. The first-order chi connectivity index (χ1) is 9.81. The maximum atomic E-state index is 13.3. The normalized spacial score (nSPS) is 11.5. The Morgan fingerprint density at radius 2 is 2.10 bits per heavy atom. The molecular formula is C12H9BrFNO4S2. The number of carboxylic acid groups (broad SMARTS) is 1. The monoisotopic (exact) mass is 393 g/mol. The quantitative estimate of drug-likeness (QED) is 0.817. The summed E-state index contributed by atoms with van der Waals surface area (Å²) in [4.78, 5) is 11.3. The molecule has 0 aliphatic carbocycles. The summed E-state index contributed by atoms with van der Waals surface area (Å²) >= 11 is 4.65. The van der Waals surface area contributed by atoms with Crippen LogP contribution in [-0.4, -0.2) is 19.5 Å². The van der Waals surface area contributed by atoms with Crippen molar-refractivity contribution in [2.24, 2.45) is 0 Å². The highest BCUT2D eigenvalue weighted by molar-refractivity contribution is 9.10. The number of sulfonamides is 1. The number of halogens is 2. The fraction of sp³-hybridized carbons (Fsp3) is 0.0833. The topological polar surface area (TPSA) is 83.5 Å². The van der Waals surface area contributed by atoms with E-state index in [1.807, 2.05) is 0 Å². The summed E-state index contributed by atoms with van der Waals surface area (Å²) < 4.78 is 40.6. The Balaban J connectivity index is 2.26. The number of thiophene rings is 1. The van der Waals surface area contributed by atoms with Gasteiger partial charge in [0.25, 0.3) is 0 Å². The summed E-state index contributed by atoms with van der Waals surface area (Å²) in [6.07, 6.45) is 0. The van der Waals surface area contributed by atoms with E-state index in [0.29, 0.717) is 0 Å². The summed E-state index contributed by atoms with van der Waals surface area (Å²) in [7, 11) is -3.92. The molecule has 0 fully saturated rings. The Morgan fingerprint density at radius 1 is 1.38 bits per heavy atom. The van der Waals surface area contributed by atoms with Crippen molar-refractivity contribution in [3.8, 4) is 0 Å². The lowest BCUT2D eigenvalue weighted by molar-refractivity contribution is 0.0691. The number of carboxylic acids is 1. The van der Waals surface area contributed by atoms with Crippen LogP contribution in [0.4, 0.5) is 4.39 Å². The van der Waals surface area contributed by atoms with Gasteiger partial charge in [-0.1, -0.05) is 0 Å².